The number of benzene rings is 1. The third-order valence-electron chi connectivity index (χ3n) is 10.3. The lowest BCUT2D eigenvalue weighted by Gasteiger charge is -2.59. The van der Waals surface area contributed by atoms with Gasteiger partial charge in [-0.15, -0.1) is 0 Å². The Balaban J connectivity index is 1.27. The van der Waals surface area contributed by atoms with Gasteiger partial charge in [0, 0.05) is 19.2 Å². The fourth-order valence-electron chi connectivity index (χ4n) is 8.73. The molecule has 0 saturated heterocycles. The number of carbonyl (C=O) groups excluding carboxylic acids is 1. The number of carbonyl (C=O) groups is 1. The van der Waals surface area contributed by atoms with Crippen molar-refractivity contribution in [3.05, 3.63) is 53.4 Å². The van der Waals surface area contributed by atoms with Gasteiger partial charge in [-0.25, -0.2) is 4.68 Å². The summed E-state index contributed by atoms with van der Waals surface area (Å²) in [7, 11) is 1.70. The van der Waals surface area contributed by atoms with E-state index in [0.717, 1.165) is 43.5 Å². The van der Waals surface area contributed by atoms with Crippen LogP contribution in [0.25, 0.3) is 11.8 Å². The summed E-state index contributed by atoms with van der Waals surface area (Å²) in [6, 6.07) is 10.3. The van der Waals surface area contributed by atoms with Crippen LogP contribution < -0.4 is 5.32 Å². The van der Waals surface area contributed by atoms with Crippen molar-refractivity contribution in [2.75, 3.05) is 13.7 Å². The third kappa shape index (κ3) is 3.88. The number of nitrogens with one attached hydrogen (secondary N) is 1. The van der Waals surface area contributed by atoms with E-state index in [1.165, 1.54) is 11.1 Å². The number of nitrogens with zero attached hydrogens (tertiary/aromatic N) is 2. The minimum atomic E-state index is -0.432. The molecule has 3 saturated carbocycles. The molecule has 4 aliphatic rings. The number of para-hydroxylation sites is 1. The SMILES string of the molecule is CNC(=S)OCC(=O)C1CCC2C3CCC4=Cc5nn(-c6ccccc6)cc5CC4(C)C3C(O)CC12C. The van der Waals surface area contributed by atoms with Gasteiger partial charge in [-0.3, -0.25) is 4.79 Å². The van der Waals surface area contributed by atoms with Crippen LogP contribution in [-0.4, -0.2) is 45.6 Å². The molecule has 2 N–H and O–H groups in total. The molecule has 7 atom stereocenters. The summed E-state index contributed by atoms with van der Waals surface area (Å²) in [5.74, 6) is 1.09. The molecule has 196 valence electrons. The molecule has 3 fully saturated rings. The molecular weight excluding hydrogens is 482 g/mol. The Morgan fingerprint density at radius 3 is 2.78 bits per heavy atom. The lowest BCUT2D eigenvalue weighted by Crippen LogP contribution is -2.57. The number of Topliss-reactive ketones (excluding diaryl/α,β-unsaturated/α-hetero) is 1. The monoisotopic (exact) mass is 519 g/mol. The largest absolute Gasteiger partial charge is 0.463 e. The molecule has 4 aliphatic carbocycles. The first kappa shape index (κ1) is 24.8. The van der Waals surface area contributed by atoms with Crippen LogP contribution in [0.5, 0.6) is 0 Å². The number of thiocarbonyl (C=S) groups is 1. The number of ether oxygens (including phenoxy) is 1. The smallest absolute Gasteiger partial charge is 0.256 e. The van der Waals surface area contributed by atoms with Crippen molar-refractivity contribution < 1.29 is 14.6 Å². The summed E-state index contributed by atoms with van der Waals surface area (Å²) >= 11 is 5.07. The van der Waals surface area contributed by atoms with Crippen molar-refractivity contribution in [1.82, 2.24) is 15.1 Å². The highest BCUT2D eigenvalue weighted by Crippen LogP contribution is 2.66. The van der Waals surface area contributed by atoms with Crippen LogP contribution in [0.1, 0.15) is 57.2 Å². The molecule has 37 heavy (non-hydrogen) atoms. The maximum Gasteiger partial charge on any atom is 0.256 e. The summed E-state index contributed by atoms with van der Waals surface area (Å²) < 4.78 is 7.46. The standard InChI is InChI=1S/C30H37N3O3S/c1-29-14-18-16-33(20-7-5-4-6-8-20)32-24(18)13-19(29)9-10-21-22-11-12-23(26(35)17-36-28(37)31-3)30(22,2)15-25(34)27(21)29/h4-8,13,16,21-23,25,27,34H,9-12,14-15,17H2,1-3H3,(H,31,37). The van der Waals surface area contributed by atoms with E-state index >= 15 is 0 Å². The predicted molar refractivity (Wildman–Crippen MR) is 147 cm³/mol. The molecule has 0 aliphatic heterocycles. The lowest BCUT2D eigenvalue weighted by molar-refractivity contribution is -0.143. The molecule has 0 spiro atoms. The number of ketones is 1. The molecule has 0 radical (unpaired) electrons. The highest BCUT2D eigenvalue weighted by atomic mass is 32.1. The van der Waals surface area contributed by atoms with Gasteiger partial charge in [-0.2, -0.15) is 5.10 Å². The second kappa shape index (κ2) is 9.05. The van der Waals surface area contributed by atoms with Gasteiger partial charge in [0.2, 0.25) is 0 Å². The zero-order valence-corrected chi connectivity index (χ0v) is 22.8. The quantitative estimate of drug-likeness (QED) is 0.569. The number of rotatable bonds is 4. The molecular formula is C30H37N3O3S. The van der Waals surface area contributed by atoms with Gasteiger partial charge in [0.15, 0.2) is 5.78 Å². The fraction of sp³-hybridized carbons (Fsp3) is 0.567. The Bertz CT molecular complexity index is 1260. The van der Waals surface area contributed by atoms with E-state index in [9.17, 15) is 9.90 Å². The molecule has 6 nitrogen and oxygen atoms in total. The first-order chi connectivity index (χ1) is 17.7. The number of fused-ring (bicyclic) bond motifs is 6. The number of hydrogen-bond donors (Lipinski definition) is 2. The van der Waals surface area contributed by atoms with E-state index < -0.39 is 6.10 Å². The average molecular weight is 520 g/mol. The van der Waals surface area contributed by atoms with E-state index in [4.69, 9.17) is 22.1 Å². The van der Waals surface area contributed by atoms with Crippen LogP contribution in [0.4, 0.5) is 0 Å². The normalized spacial score (nSPS) is 35.9. The second-order valence-corrected chi connectivity index (χ2v) is 12.5. The molecule has 7 heteroatoms. The van der Waals surface area contributed by atoms with Gasteiger partial charge >= 0.3 is 0 Å². The zero-order chi connectivity index (χ0) is 25.9. The summed E-state index contributed by atoms with van der Waals surface area (Å²) in [6.07, 6.45) is 9.64. The molecule has 0 amide bonds. The molecule has 1 aromatic carbocycles. The third-order valence-corrected chi connectivity index (χ3v) is 10.6. The van der Waals surface area contributed by atoms with E-state index in [1.807, 2.05) is 22.9 Å². The Labute approximate surface area is 224 Å². The first-order valence-electron chi connectivity index (χ1n) is 13.6. The van der Waals surface area contributed by atoms with Crippen molar-refractivity contribution in [3.8, 4) is 5.69 Å². The van der Waals surface area contributed by atoms with E-state index in [0.29, 0.717) is 18.3 Å². The molecule has 0 bridgehead atoms. The minimum Gasteiger partial charge on any atom is -0.463 e. The number of hydrogen-bond acceptors (Lipinski definition) is 5. The Hall–Kier alpha value is -2.51. The van der Waals surface area contributed by atoms with E-state index in [-0.39, 0.29) is 40.2 Å². The molecule has 7 unspecified atom stereocenters. The fourth-order valence-corrected chi connectivity index (χ4v) is 8.79. The molecule has 1 heterocycles. The topological polar surface area (TPSA) is 76.4 Å². The Morgan fingerprint density at radius 1 is 1.24 bits per heavy atom. The summed E-state index contributed by atoms with van der Waals surface area (Å²) in [5, 5.41) is 19.7. The van der Waals surface area contributed by atoms with Gasteiger partial charge < -0.3 is 15.2 Å². The zero-order valence-electron chi connectivity index (χ0n) is 21.9. The number of aromatic nitrogens is 2. The van der Waals surface area contributed by atoms with Gasteiger partial charge in [-0.05, 0) is 103 Å². The van der Waals surface area contributed by atoms with Crippen molar-refractivity contribution >= 4 is 29.3 Å². The highest BCUT2D eigenvalue weighted by molar-refractivity contribution is 7.80. The van der Waals surface area contributed by atoms with Crippen LogP contribution in [0, 0.1) is 34.5 Å². The summed E-state index contributed by atoms with van der Waals surface area (Å²) in [6.45, 7) is 4.63. The van der Waals surface area contributed by atoms with Crippen LogP contribution in [-0.2, 0) is 16.0 Å². The summed E-state index contributed by atoms with van der Waals surface area (Å²) in [4.78, 5) is 13.2. The van der Waals surface area contributed by atoms with Crippen molar-refractivity contribution in [3.63, 3.8) is 0 Å². The van der Waals surface area contributed by atoms with Crippen molar-refractivity contribution in [2.45, 2.75) is 58.5 Å². The molecule has 1 aromatic heterocycles. The van der Waals surface area contributed by atoms with Crippen LogP contribution in [0.2, 0.25) is 0 Å². The van der Waals surface area contributed by atoms with Crippen LogP contribution in [0.15, 0.2) is 42.1 Å². The molecule has 6 rings (SSSR count). The first-order valence-corrected chi connectivity index (χ1v) is 14.1. The number of aliphatic hydroxyl groups excluding tert-OH is 1. The van der Waals surface area contributed by atoms with Crippen molar-refractivity contribution in [2.24, 2.45) is 34.5 Å². The maximum absolute atomic E-state index is 13.2. The van der Waals surface area contributed by atoms with Gasteiger partial charge in [0.25, 0.3) is 5.17 Å². The minimum absolute atomic E-state index is 0.00955. The summed E-state index contributed by atoms with van der Waals surface area (Å²) in [5.41, 5.74) is 4.53. The van der Waals surface area contributed by atoms with Crippen LogP contribution in [0.3, 0.4) is 0 Å². The van der Waals surface area contributed by atoms with Gasteiger partial charge in [0.1, 0.15) is 6.61 Å². The van der Waals surface area contributed by atoms with Crippen LogP contribution >= 0.6 is 12.2 Å². The van der Waals surface area contributed by atoms with E-state index in [2.05, 4.69) is 43.6 Å². The van der Waals surface area contributed by atoms with Gasteiger partial charge in [0.05, 0.1) is 17.5 Å². The number of aliphatic hydroxyl groups is 1. The average Bonchev–Trinajstić information content (AvgIpc) is 3.45. The predicted octanol–water partition coefficient (Wildman–Crippen LogP) is 4.73. The van der Waals surface area contributed by atoms with E-state index in [1.54, 1.807) is 7.05 Å². The highest BCUT2D eigenvalue weighted by Gasteiger charge is 2.63. The van der Waals surface area contributed by atoms with Crippen molar-refractivity contribution in [1.29, 1.82) is 0 Å². The number of allylic oxidation sites excluding steroid dienone is 1. The lowest BCUT2D eigenvalue weighted by atomic mass is 9.46. The van der Waals surface area contributed by atoms with Gasteiger partial charge in [-0.1, -0.05) is 37.6 Å². The Morgan fingerprint density at radius 2 is 2.03 bits per heavy atom. The second-order valence-electron chi connectivity index (χ2n) is 12.1. The molecule has 2 aromatic rings. The Kier molecular flexibility index (Phi) is 6.07. The maximum atomic E-state index is 13.2.